The van der Waals surface area contributed by atoms with Gasteiger partial charge in [0, 0.05) is 12.1 Å². The van der Waals surface area contributed by atoms with Crippen LogP contribution in [-0.2, 0) is 19.9 Å². The molecule has 1 aliphatic rings. The summed E-state index contributed by atoms with van der Waals surface area (Å²) in [6.45, 7) is 5.78. The van der Waals surface area contributed by atoms with E-state index >= 15 is 0 Å². The van der Waals surface area contributed by atoms with Gasteiger partial charge in [0.1, 0.15) is 9.84 Å². The smallest absolute Gasteiger partial charge is 0.215 e. The minimum Gasteiger partial charge on any atom is -0.329 e. The molecule has 1 heterocycles. The largest absolute Gasteiger partial charge is 0.329 e. The van der Waals surface area contributed by atoms with E-state index in [4.69, 9.17) is 5.73 Å². The van der Waals surface area contributed by atoms with Crippen molar-refractivity contribution in [3.8, 4) is 0 Å². The summed E-state index contributed by atoms with van der Waals surface area (Å²) in [7, 11) is -6.60. The minimum absolute atomic E-state index is 0.0552. The lowest BCUT2D eigenvalue weighted by Gasteiger charge is -2.35. The molecule has 0 spiro atoms. The molecule has 0 bridgehead atoms. The molecule has 3 N–H and O–H groups in total. The van der Waals surface area contributed by atoms with Gasteiger partial charge in [0.05, 0.1) is 16.8 Å². The molecule has 0 aliphatic carbocycles. The van der Waals surface area contributed by atoms with Gasteiger partial charge >= 0.3 is 0 Å². The van der Waals surface area contributed by atoms with Gasteiger partial charge in [-0.2, -0.15) is 0 Å². The second-order valence-corrected chi connectivity index (χ2v) is 10.0. The Hall–Kier alpha value is -0.180. The van der Waals surface area contributed by atoms with Crippen LogP contribution in [0.4, 0.5) is 0 Å². The fourth-order valence-electron chi connectivity index (χ4n) is 1.98. The summed E-state index contributed by atoms with van der Waals surface area (Å²) in [4.78, 5) is 0. The second kappa shape index (κ2) is 5.67. The number of sulfonamides is 1. The van der Waals surface area contributed by atoms with Gasteiger partial charge in [-0.1, -0.05) is 13.8 Å². The van der Waals surface area contributed by atoms with Crippen LogP contribution in [-0.4, -0.2) is 45.7 Å². The first kappa shape index (κ1) is 16.9. The molecule has 0 saturated carbocycles. The van der Waals surface area contributed by atoms with Crippen molar-refractivity contribution in [1.29, 1.82) is 0 Å². The fourth-order valence-corrected chi connectivity index (χ4v) is 5.76. The Balaban J connectivity index is 2.83. The van der Waals surface area contributed by atoms with E-state index in [1.807, 2.05) is 13.8 Å². The van der Waals surface area contributed by atoms with Gasteiger partial charge < -0.3 is 5.73 Å². The van der Waals surface area contributed by atoms with Crippen LogP contribution in [0.2, 0.25) is 0 Å². The maximum Gasteiger partial charge on any atom is 0.215 e. The highest BCUT2D eigenvalue weighted by Crippen LogP contribution is 2.23. The number of hydrogen-bond donors (Lipinski definition) is 2. The van der Waals surface area contributed by atoms with E-state index in [1.54, 1.807) is 6.92 Å². The monoisotopic (exact) mass is 312 g/mol. The Labute approximate surface area is 116 Å². The molecule has 6 nitrogen and oxygen atoms in total. The molecular weight excluding hydrogens is 288 g/mol. The number of sulfone groups is 1. The molecule has 1 unspecified atom stereocenters. The second-order valence-electron chi connectivity index (χ2n) is 5.77. The topological polar surface area (TPSA) is 106 Å². The quantitative estimate of drug-likeness (QED) is 0.734. The Bertz CT molecular complexity index is 499. The van der Waals surface area contributed by atoms with Crippen molar-refractivity contribution in [2.45, 2.75) is 44.4 Å². The molecule has 8 heteroatoms. The Morgan fingerprint density at radius 3 is 2.16 bits per heavy atom. The molecule has 1 aliphatic heterocycles. The first-order valence-corrected chi connectivity index (χ1v) is 9.82. The molecule has 0 aromatic carbocycles. The molecule has 0 aromatic heterocycles. The summed E-state index contributed by atoms with van der Waals surface area (Å²) in [6, 6.07) is 0. The number of nitrogens with two attached hydrogens (primary N) is 1. The SMILES string of the molecule is CC(C)C(C)(CN)NS(=O)(=O)C1CCS(=O)(=O)CC1. The minimum atomic E-state index is -3.54. The van der Waals surface area contributed by atoms with Crippen molar-refractivity contribution in [3.63, 3.8) is 0 Å². The molecule has 0 amide bonds. The summed E-state index contributed by atoms with van der Waals surface area (Å²) in [5.74, 6) is -0.0567. The van der Waals surface area contributed by atoms with Crippen molar-refractivity contribution in [1.82, 2.24) is 4.72 Å². The van der Waals surface area contributed by atoms with Crippen molar-refractivity contribution in [2.24, 2.45) is 11.7 Å². The Morgan fingerprint density at radius 2 is 1.79 bits per heavy atom. The highest BCUT2D eigenvalue weighted by atomic mass is 32.2. The molecule has 19 heavy (non-hydrogen) atoms. The van der Waals surface area contributed by atoms with E-state index in [9.17, 15) is 16.8 Å². The predicted octanol–water partition coefficient (Wildman–Crippen LogP) is -0.144. The van der Waals surface area contributed by atoms with Crippen LogP contribution < -0.4 is 10.5 Å². The molecule has 1 saturated heterocycles. The first-order valence-electron chi connectivity index (χ1n) is 6.46. The summed E-state index contributed by atoms with van der Waals surface area (Å²) in [6.07, 6.45) is 0.326. The third kappa shape index (κ3) is 4.14. The number of rotatable bonds is 5. The van der Waals surface area contributed by atoms with Gasteiger partial charge in [0.2, 0.25) is 10.0 Å². The van der Waals surface area contributed by atoms with Gasteiger partial charge in [-0.15, -0.1) is 0 Å². The van der Waals surface area contributed by atoms with Crippen molar-refractivity contribution in [2.75, 3.05) is 18.1 Å². The maximum atomic E-state index is 12.3. The highest BCUT2D eigenvalue weighted by Gasteiger charge is 2.38. The van der Waals surface area contributed by atoms with Crippen LogP contribution in [0, 0.1) is 5.92 Å². The van der Waals surface area contributed by atoms with E-state index in [-0.39, 0.29) is 36.8 Å². The zero-order valence-corrected chi connectivity index (χ0v) is 13.4. The maximum absolute atomic E-state index is 12.3. The van der Waals surface area contributed by atoms with E-state index < -0.39 is 30.6 Å². The molecule has 1 fully saturated rings. The lowest BCUT2D eigenvalue weighted by molar-refractivity contribution is 0.313. The van der Waals surface area contributed by atoms with Crippen LogP contribution in [0.3, 0.4) is 0 Å². The Kier molecular flexibility index (Phi) is 5.03. The summed E-state index contributed by atoms with van der Waals surface area (Å²) < 4.78 is 50.0. The van der Waals surface area contributed by atoms with Crippen molar-refractivity contribution >= 4 is 19.9 Å². The predicted molar refractivity (Wildman–Crippen MR) is 76.0 cm³/mol. The van der Waals surface area contributed by atoms with E-state index in [1.165, 1.54) is 0 Å². The normalized spacial score (nSPS) is 24.3. The molecule has 0 aromatic rings. The Morgan fingerprint density at radius 1 is 1.32 bits per heavy atom. The standard InChI is InChI=1S/C11H24N2O4S2/c1-9(2)11(3,8-12)13-19(16,17)10-4-6-18(14,15)7-5-10/h9-10,13H,4-8,12H2,1-3H3. The van der Waals surface area contributed by atoms with E-state index in [2.05, 4.69) is 4.72 Å². The van der Waals surface area contributed by atoms with Crippen LogP contribution in [0.1, 0.15) is 33.6 Å². The fraction of sp³-hybridized carbons (Fsp3) is 1.00. The van der Waals surface area contributed by atoms with Gasteiger partial charge in [0.15, 0.2) is 0 Å². The van der Waals surface area contributed by atoms with Crippen LogP contribution in [0.5, 0.6) is 0 Å². The highest BCUT2D eigenvalue weighted by molar-refractivity contribution is 7.92. The van der Waals surface area contributed by atoms with Crippen LogP contribution >= 0.6 is 0 Å². The molecule has 0 radical (unpaired) electrons. The molecular formula is C11H24N2O4S2. The molecule has 1 rings (SSSR count). The van der Waals surface area contributed by atoms with Crippen molar-refractivity contribution < 1.29 is 16.8 Å². The average Bonchev–Trinajstić information content (AvgIpc) is 2.27. The van der Waals surface area contributed by atoms with Gasteiger partial charge in [-0.05, 0) is 25.7 Å². The lowest BCUT2D eigenvalue weighted by Crippen LogP contribution is -2.57. The number of hydrogen-bond acceptors (Lipinski definition) is 5. The zero-order valence-electron chi connectivity index (χ0n) is 11.7. The van der Waals surface area contributed by atoms with Crippen LogP contribution in [0.25, 0.3) is 0 Å². The zero-order chi connectivity index (χ0) is 14.9. The number of nitrogens with one attached hydrogen (secondary N) is 1. The van der Waals surface area contributed by atoms with Gasteiger partial charge in [0.25, 0.3) is 0 Å². The van der Waals surface area contributed by atoms with E-state index in [0.717, 1.165) is 0 Å². The first-order chi connectivity index (χ1) is 8.52. The molecule has 114 valence electrons. The van der Waals surface area contributed by atoms with Gasteiger partial charge in [-0.3, -0.25) is 0 Å². The third-order valence-corrected chi connectivity index (χ3v) is 7.83. The van der Waals surface area contributed by atoms with Gasteiger partial charge in [-0.25, -0.2) is 21.6 Å². The van der Waals surface area contributed by atoms with Crippen LogP contribution in [0.15, 0.2) is 0 Å². The van der Waals surface area contributed by atoms with E-state index in [0.29, 0.717) is 0 Å². The average molecular weight is 312 g/mol. The van der Waals surface area contributed by atoms with Crippen molar-refractivity contribution in [3.05, 3.63) is 0 Å². The molecule has 1 atom stereocenters. The summed E-state index contributed by atoms with van der Waals surface area (Å²) in [5.41, 5.74) is 4.97. The summed E-state index contributed by atoms with van der Waals surface area (Å²) >= 11 is 0. The lowest BCUT2D eigenvalue weighted by atomic mass is 9.90. The third-order valence-electron chi connectivity index (χ3n) is 4.01. The summed E-state index contributed by atoms with van der Waals surface area (Å²) in [5, 5.41) is -0.638.